The number of nitrogens with zero attached hydrogens (tertiary/aromatic N) is 2. The molecule has 0 spiro atoms. The molecule has 2 aliphatic carbocycles. The molecule has 3 aliphatic rings. The van der Waals surface area contributed by atoms with Gasteiger partial charge in [-0.05, 0) is 24.7 Å². The van der Waals surface area contributed by atoms with Crippen LogP contribution in [0.2, 0.25) is 0 Å². The zero-order chi connectivity index (χ0) is 10.7. The number of fused-ring (bicyclic) bond motifs is 5. The number of rotatable bonds is 0. The first-order valence-corrected chi connectivity index (χ1v) is 6.17. The lowest BCUT2D eigenvalue weighted by Gasteiger charge is -2.33. The lowest BCUT2D eigenvalue weighted by molar-refractivity contribution is 0.207. The molecule has 2 nitrogen and oxygen atoms in total. The molecule has 2 bridgehead atoms. The fourth-order valence-electron chi connectivity index (χ4n) is 3.75. The minimum Gasteiger partial charge on any atom is -0.287 e. The minimum absolute atomic E-state index is 0.306. The van der Waals surface area contributed by atoms with Crippen LogP contribution in [0.5, 0.6) is 0 Å². The van der Waals surface area contributed by atoms with Crippen molar-refractivity contribution in [3.05, 3.63) is 0 Å². The number of hydrogen-bond donors (Lipinski definition) is 0. The standard InChI is InChI=1S/C13H20N2/c1-12(2)9-5-6-13(12,3)11-10(9)14-7-4-8-15-11/h9H,4-8H2,1-3H3/t9-,13+/m1/s1. The first kappa shape index (κ1) is 9.56. The van der Waals surface area contributed by atoms with Crippen molar-refractivity contribution in [2.24, 2.45) is 26.7 Å². The molecule has 0 aromatic carbocycles. The summed E-state index contributed by atoms with van der Waals surface area (Å²) in [5.74, 6) is 0.680. The van der Waals surface area contributed by atoms with E-state index in [9.17, 15) is 0 Å². The monoisotopic (exact) mass is 204 g/mol. The topological polar surface area (TPSA) is 24.7 Å². The zero-order valence-electron chi connectivity index (χ0n) is 10.0. The van der Waals surface area contributed by atoms with Gasteiger partial charge in [0.1, 0.15) is 0 Å². The third-order valence-corrected chi connectivity index (χ3v) is 5.19. The summed E-state index contributed by atoms with van der Waals surface area (Å²) in [6.07, 6.45) is 3.76. The van der Waals surface area contributed by atoms with Crippen molar-refractivity contribution in [1.82, 2.24) is 0 Å². The molecule has 2 saturated carbocycles. The zero-order valence-corrected chi connectivity index (χ0v) is 10.0. The lowest BCUT2D eigenvalue weighted by Crippen LogP contribution is -2.33. The molecule has 2 atom stereocenters. The van der Waals surface area contributed by atoms with E-state index in [1.165, 1.54) is 24.3 Å². The Bertz CT molecular complexity index is 365. The second-order valence-corrected chi connectivity index (χ2v) is 6.00. The van der Waals surface area contributed by atoms with E-state index >= 15 is 0 Å². The Morgan fingerprint density at radius 1 is 1.13 bits per heavy atom. The Labute approximate surface area is 91.9 Å². The molecular weight excluding hydrogens is 184 g/mol. The summed E-state index contributed by atoms with van der Waals surface area (Å²) < 4.78 is 0. The predicted octanol–water partition coefficient (Wildman–Crippen LogP) is 2.73. The van der Waals surface area contributed by atoms with Crippen molar-refractivity contribution in [3.63, 3.8) is 0 Å². The summed E-state index contributed by atoms with van der Waals surface area (Å²) >= 11 is 0. The maximum Gasteiger partial charge on any atom is 0.0625 e. The Kier molecular flexibility index (Phi) is 1.73. The van der Waals surface area contributed by atoms with Crippen molar-refractivity contribution < 1.29 is 0 Å². The second kappa shape index (κ2) is 2.72. The molecular formula is C13H20N2. The Hall–Kier alpha value is -0.660. The molecule has 0 aromatic rings. The predicted molar refractivity (Wildman–Crippen MR) is 63.8 cm³/mol. The molecule has 2 fully saturated rings. The van der Waals surface area contributed by atoms with E-state index in [0.717, 1.165) is 19.5 Å². The average molecular weight is 204 g/mol. The summed E-state index contributed by atoms with van der Waals surface area (Å²) in [7, 11) is 0. The largest absolute Gasteiger partial charge is 0.287 e. The molecule has 15 heavy (non-hydrogen) atoms. The SMILES string of the molecule is CC1(C)[C@@H]2CC[C@@]1(C)C1=NCCCN=C12. The molecule has 0 N–H and O–H groups in total. The summed E-state index contributed by atoms with van der Waals surface area (Å²) in [5.41, 5.74) is 3.41. The van der Waals surface area contributed by atoms with Crippen molar-refractivity contribution >= 4 is 11.4 Å². The van der Waals surface area contributed by atoms with Crippen LogP contribution < -0.4 is 0 Å². The molecule has 1 heterocycles. The molecule has 0 aromatic heterocycles. The average Bonchev–Trinajstić information content (AvgIpc) is 2.49. The van der Waals surface area contributed by atoms with Crippen LogP contribution in [0.4, 0.5) is 0 Å². The van der Waals surface area contributed by atoms with E-state index in [-0.39, 0.29) is 0 Å². The molecule has 82 valence electrons. The Balaban J connectivity index is 2.18. The fraction of sp³-hybridized carbons (Fsp3) is 0.846. The molecule has 0 unspecified atom stereocenters. The Morgan fingerprint density at radius 2 is 1.87 bits per heavy atom. The van der Waals surface area contributed by atoms with Crippen LogP contribution in [-0.2, 0) is 0 Å². The van der Waals surface area contributed by atoms with E-state index in [1.807, 2.05) is 0 Å². The van der Waals surface area contributed by atoms with Gasteiger partial charge in [0.2, 0.25) is 0 Å². The van der Waals surface area contributed by atoms with Gasteiger partial charge in [0.05, 0.1) is 11.4 Å². The highest BCUT2D eigenvalue weighted by molar-refractivity contribution is 6.48. The van der Waals surface area contributed by atoms with Crippen molar-refractivity contribution in [2.75, 3.05) is 13.1 Å². The summed E-state index contributed by atoms with van der Waals surface area (Å²) in [5, 5.41) is 0. The van der Waals surface area contributed by atoms with Crippen LogP contribution in [0.3, 0.4) is 0 Å². The van der Waals surface area contributed by atoms with E-state index in [2.05, 4.69) is 20.8 Å². The molecule has 0 radical (unpaired) electrons. The van der Waals surface area contributed by atoms with Crippen molar-refractivity contribution in [1.29, 1.82) is 0 Å². The van der Waals surface area contributed by atoms with Crippen LogP contribution in [-0.4, -0.2) is 24.5 Å². The minimum atomic E-state index is 0.306. The highest BCUT2D eigenvalue weighted by Crippen LogP contribution is 2.63. The van der Waals surface area contributed by atoms with Gasteiger partial charge in [0.25, 0.3) is 0 Å². The summed E-state index contributed by atoms with van der Waals surface area (Å²) in [6, 6.07) is 0. The van der Waals surface area contributed by atoms with Crippen LogP contribution in [0, 0.1) is 16.7 Å². The van der Waals surface area contributed by atoms with E-state index in [4.69, 9.17) is 9.98 Å². The maximum atomic E-state index is 4.82. The third kappa shape index (κ3) is 0.957. The van der Waals surface area contributed by atoms with Gasteiger partial charge in [-0.1, -0.05) is 20.8 Å². The lowest BCUT2D eigenvalue weighted by atomic mass is 9.70. The van der Waals surface area contributed by atoms with Crippen LogP contribution in [0.25, 0.3) is 0 Å². The third-order valence-electron chi connectivity index (χ3n) is 5.19. The number of hydrogen-bond acceptors (Lipinski definition) is 2. The molecule has 0 saturated heterocycles. The van der Waals surface area contributed by atoms with Crippen LogP contribution in [0.1, 0.15) is 40.0 Å². The number of aliphatic imine (C=N–C) groups is 2. The van der Waals surface area contributed by atoms with Crippen molar-refractivity contribution in [3.8, 4) is 0 Å². The highest BCUT2D eigenvalue weighted by atomic mass is 14.9. The van der Waals surface area contributed by atoms with Gasteiger partial charge in [-0.25, -0.2) is 0 Å². The Morgan fingerprint density at radius 3 is 2.67 bits per heavy atom. The van der Waals surface area contributed by atoms with Gasteiger partial charge in [0.15, 0.2) is 0 Å². The first-order chi connectivity index (χ1) is 7.07. The quantitative estimate of drug-likeness (QED) is 0.579. The molecule has 0 amide bonds. The smallest absolute Gasteiger partial charge is 0.0625 e. The van der Waals surface area contributed by atoms with Gasteiger partial charge in [-0.15, -0.1) is 0 Å². The summed E-state index contributed by atoms with van der Waals surface area (Å²) in [6.45, 7) is 9.19. The molecule has 3 rings (SSSR count). The van der Waals surface area contributed by atoms with E-state index in [1.54, 1.807) is 0 Å². The van der Waals surface area contributed by atoms with Gasteiger partial charge < -0.3 is 0 Å². The normalized spacial score (nSPS) is 41.9. The van der Waals surface area contributed by atoms with Gasteiger partial charge in [0, 0.05) is 24.4 Å². The molecule has 1 aliphatic heterocycles. The van der Waals surface area contributed by atoms with Gasteiger partial charge in [-0.3, -0.25) is 9.98 Å². The van der Waals surface area contributed by atoms with Gasteiger partial charge in [-0.2, -0.15) is 0 Å². The van der Waals surface area contributed by atoms with Crippen LogP contribution in [0.15, 0.2) is 9.98 Å². The fourth-order valence-corrected chi connectivity index (χ4v) is 3.75. The molecule has 2 heteroatoms. The second-order valence-electron chi connectivity index (χ2n) is 6.00. The van der Waals surface area contributed by atoms with E-state index < -0.39 is 0 Å². The van der Waals surface area contributed by atoms with E-state index in [0.29, 0.717) is 16.7 Å². The summed E-state index contributed by atoms with van der Waals surface area (Å²) in [4.78, 5) is 9.62. The van der Waals surface area contributed by atoms with Crippen molar-refractivity contribution in [2.45, 2.75) is 40.0 Å². The van der Waals surface area contributed by atoms with Crippen LogP contribution >= 0.6 is 0 Å². The highest BCUT2D eigenvalue weighted by Gasteiger charge is 2.63. The first-order valence-electron chi connectivity index (χ1n) is 6.17. The van der Waals surface area contributed by atoms with Gasteiger partial charge >= 0.3 is 0 Å². The maximum absolute atomic E-state index is 4.82.